The molecule has 5 nitrogen and oxygen atoms in total. The van der Waals surface area contributed by atoms with Gasteiger partial charge in [0.25, 0.3) is 0 Å². The molecule has 0 radical (unpaired) electrons. The van der Waals surface area contributed by atoms with E-state index in [1.807, 2.05) is 0 Å². The number of carboxylic acids is 1. The van der Waals surface area contributed by atoms with E-state index < -0.39 is 11.9 Å². The number of rotatable bonds is 2. The van der Waals surface area contributed by atoms with Crippen LogP contribution in [0.2, 0.25) is 0 Å². The van der Waals surface area contributed by atoms with Gasteiger partial charge in [-0.25, -0.2) is 0 Å². The van der Waals surface area contributed by atoms with E-state index in [9.17, 15) is 9.59 Å². The predicted molar refractivity (Wildman–Crippen MR) is 44.1 cm³/mol. The summed E-state index contributed by atoms with van der Waals surface area (Å²) in [6.07, 6.45) is 0.370. The fourth-order valence-electron chi connectivity index (χ4n) is 1.48. The maximum absolute atomic E-state index is 11.1. The van der Waals surface area contributed by atoms with Gasteiger partial charge in [-0.05, 0) is 6.42 Å². The Balaban J connectivity index is 2.51. The molecule has 1 rings (SSSR count). The van der Waals surface area contributed by atoms with Crippen molar-refractivity contribution in [1.29, 1.82) is 0 Å². The first-order valence-corrected chi connectivity index (χ1v) is 4.16. The number of piperidine rings is 1. The van der Waals surface area contributed by atoms with Crippen LogP contribution in [0.1, 0.15) is 6.42 Å². The highest BCUT2D eigenvalue weighted by Gasteiger charge is 2.31. The Hall–Kier alpha value is -1.10. The van der Waals surface area contributed by atoms with Crippen molar-refractivity contribution in [2.75, 3.05) is 20.2 Å². The minimum absolute atomic E-state index is 0.320. The van der Waals surface area contributed by atoms with Gasteiger partial charge in [0.2, 0.25) is 0 Å². The zero-order chi connectivity index (χ0) is 9.84. The standard InChI is InChI=1S/C8H13NO4/c1-13-8(12)6-2-5(7(10)11)3-9-4-6/h5-6,9H,2-4H2,1H3,(H,10,11). The van der Waals surface area contributed by atoms with Gasteiger partial charge in [0, 0.05) is 13.1 Å². The zero-order valence-corrected chi connectivity index (χ0v) is 7.45. The molecule has 1 fully saturated rings. The van der Waals surface area contributed by atoms with Gasteiger partial charge in [-0.3, -0.25) is 9.59 Å². The van der Waals surface area contributed by atoms with E-state index >= 15 is 0 Å². The number of nitrogens with one attached hydrogen (secondary N) is 1. The second kappa shape index (κ2) is 4.23. The minimum atomic E-state index is -0.860. The lowest BCUT2D eigenvalue weighted by molar-refractivity contribution is -0.149. The van der Waals surface area contributed by atoms with Gasteiger partial charge in [-0.2, -0.15) is 0 Å². The molecule has 5 heteroatoms. The topological polar surface area (TPSA) is 75.6 Å². The van der Waals surface area contributed by atoms with Crippen LogP contribution >= 0.6 is 0 Å². The number of methoxy groups -OCH3 is 1. The molecule has 1 saturated heterocycles. The Labute approximate surface area is 76.1 Å². The predicted octanol–water partition coefficient (Wildman–Crippen LogP) is -0.530. The Morgan fingerprint density at radius 2 is 2.00 bits per heavy atom. The number of esters is 1. The number of carboxylic acid groups (broad SMARTS) is 1. The van der Waals surface area contributed by atoms with Gasteiger partial charge in [0.1, 0.15) is 0 Å². The van der Waals surface area contributed by atoms with Crippen molar-refractivity contribution in [2.45, 2.75) is 6.42 Å². The van der Waals surface area contributed by atoms with Crippen LogP contribution in [0, 0.1) is 11.8 Å². The van der Waals surface area contributed by atoms with Crippen LogP contribution in [0.3, 0.4) is 0 Å². The molecule has 13 heavy (non-hydrogen) atoms. The quantitative estimate of drug-likeness (QED) is 0.568. The summed E-state index contributed by atoms with van der Waals surface area (Å²) in [5.74, 6) is -1.99. The normalized spacial score (nSPS) is 28.1. The van der Waals surface area contributed by atoms with E-state index in [-0.39, 0.29) is 11.9 Å². The maximum Gasteiger partial charge on any atom is 0.309 e. The van der Waals surface area contributed by atoms with Crippen molar-refractivity contribution in [3.05, 3.63) is 0 Å². The van der Waals surface area contributed by atoms with Crippen molar-refractivity contribution < 1.29 is 19.4 Å². The van der Waals surface area contributed by atoms with Gasteiger partial charge in [-0.15, -0.1) is 0 Å². The smallest absolute Gasteiger partial charge is 0.309 e. The number of carbonyl (C=O) groups is 2. The monoisotopic (exact) mass is 187 g/mol. The molecule has 0 aromatic heterocycles. The number of hydrogen-bond acceptors (Lipinski definition) is 4. The van der Waals surface area contributed by atoms with Crippen molar-refractivity contribution in [2.24, 2.45) is 11.8 Å². The highest BCUT2D eigenvalue weighted by atomic mass is 16.5. The molecule has 0 bridgehead atoms. The fraction of sp³-hybridized carbons (Fsp3) is 0.750. The molecule has 0 aromatic rings. The summed E-state index contributed by atoms with van der Waals surface area (Å²) in [6, 6.07) is 0. The third-order valence-electron chi connectivity index (χ3n) is 2.23. The fourth-order valence-corrected chi connectivity index (χ4v) is 1.48. The summed E-state index contributed by atoms with van der Waals surface area (Å²) < 4.78 is 4.55. The molecule has 0 aliphatic carbocycles. The van der Waals surface area contributed by atoms with E-state index in [2.05, 4.69) is 10.1 Å². The zero-order valence-electron chi connectivity index (χ0n) is 7.45. The first-order valence-electron chi connectivity index (χ1n) is 4.16. The maximum atomic E-state index is 11.1. The van der Waals surface area contributed by atoms with Crippen LogP contribution in [0.25, 0.3) is 0 Å². The highest BCUT2D eigenvalue weighted by molar-refractivity contribution is 5.75. The molecule has 0 amide bonds. The van der Waals surface area contributed by atoms with Gasteiger partial charge >= 0.3 is 11.9 Å². The number of aliphatic carboxylic acids is 1. The summed E-state index contributed by atoms with van der Waals surface area (Å²) in [5, 5.41) is 11.6. The molecule has 0 saturated carbocycles. The molecule has 2 atom stereocenters. The van der Waals surface area contributed by atoms with Crippen LogP contribution in [0.15, 0.2) is 0 Å². The average molecular weight is 187 g/mol. The SMILES string of the molecule is COC(=O)C1CNCC(C(=O)O)C1. The highest BCUT2D eigenvalue weighted by Crippen LogP contribution is 2.17. The van der Waals surface area contributed by atoms with E-state index in [4.69, 9.17) is 5.11 Å². The summed E-state index contributed by atoms with van der Waals surface area (Å²) in [6.45, 7) is 0.944. The number of ether oxygens (including phenoxy) is 1. The molecule has 1 aliphatic rings. The molecule has 0 spiro atoms. The third kappa shape index (κ3) is 2.42. The average Bonchev–Trinajstić information content (AvgIpc) is 2.17. The molecule has 2 unspecified atom stereocenters. The Morgan fingerprint density at radius 3 is 2.54 bits per heavy atom. The second-order valence-corrected chi connectivity index (χ2v) is 3.15. The lowest BCUT2D eigenvalue weighted by atomic mass is 9.91. The minimum Gasteiger partial charge on any atom is -0.481 e. The van der Waals surface area contributed by atoms with E-state index in [0.29, 0.717) is 19.5 Å². The summed E-state index contributed by atoms with van der Waals surface area (Å²) in [7, 11) is 1.31. The van der Waals surface area contributed by atoms with Crippen molar-refractivity contribution in [1.82, 2.24) is 5.32 Å². The molecule has 1 heterocycles. The molecule has 2 N–H and O–H groups in total. The molecular weight excluding hydrogens is 174 g/mol. The lowest BCUT2D eigenvalue weighted by Gasteiger charge is -2.25. The Kier molecular flexibility index (Phi) is 3.25. The first kappa shape index (κ1) is 9.98. The second-order valence-electron chi connectivity index (χ2n) is 3.15. The van der Waals surface area contributed by atoms with Gasteiger partial charge in [0.15, 0.2) is 0 Å². The summed E-state index contributed by atoms with van der Waals surface area (Å²) in [5.41, 5.74) is 0. The van der Waals surface area contributed by atoms with E-state index in [1.165, 1.54) is 7.11 Å². The van der Waals surface area contributed by atoms with Crippen LogP contribution in [-0.4, -0.2) is 37.2 Å². The number of carbonyl (C=O) groups excluding carboxylic acids is 1. The summed E-state index contributed by atoms with van der Waals surface area (Å²) >= 11 is 0. The first-order chi connectivity index (χ1) is 6.15. The Morgan fingerprint density at radius 1 is 1.38 bits per heavy atom. The van der Waals surface area contributed by atoms with Crippen LogP contribution in [0.4, 0.5) is 0 Å². The molecule has 0 aromatic carbocycles. The molecule has 1 aliphatic heterocycles. The van der Waals surface area contributed by atoms with Crippen LogP contribution in [0.5, 0.6) is 0 Å². The van der Waals surface area contributed by atoms with Gasteiger partial charge in [0.05, 0.1) is 18.9 Å². The van der Waals surface area contributed by atoms with E-state index in [0.717, 1.165) is 0 Å². The molecule has 74 valence electrons. The number of hydrogen-bond donors (Lipinski definition) is 2. The molecular formula is C8H13NO4. The van der Waals surface area contributed by atoms with Crippen molar-refractivity contribution >= 4 is 11.9 Å². The Bertz CT molecular complexity index is 216. The van der Waals surface area contributed by atoms with Crippen LogP contribution in [-0.2, 0) is 14.3 Å². The van der Waals surface area contributed by atoms with Crippen molar-refractivity contribution in [3.63, 3.8) is 0 Å². The third-order valence-corrected chi connectivity index (χ3v) is 2.23. The summed E-state index contributed by atoms with van der Waals surface area (Å²) in [4.78, 5) is 21.7. The van der Waals surface area contributed by atoms with Gasteiger partial charge in [-0.1, -0.05) is 0 Å². The van der Waals surface area contributed by atoms with Gasteiger partial charge < -0.3 is 15.2 Å². The lowest BCUT2D eigenvalue weighted by Crippen LogP contribution is -2.42. The van der Waals surface area contributed by atoms with E-state index in [1.54, 1.807) is 0 Å². The van der Waals surface area contributed by atoms with Crippen molar-refractivity contribution in [3.8, 4) is 0 Å². The largest absolute Gasteiger partial charge is 0.481 e. The van der Waals surface area contributed by atoms with Crippen LogP contribution < -0.4 is 5.32 Å².